The Labute approximate surface area is 146 Å². The van der Waals surface area contributed by atoms with Gasteiger partial charge in [0.15, 0.2) is 0 Å². The quantitative estimate of drug-likeness (QED) is 0.881. The highest BCUT2D eigenvalue weighted by atomic mass is 16.5. The molecule has 1 N–H and O–H groups in total. The molecular weight excluding hydrogens is 300 g/mol. The lowest BCUT2D eigenvalue weighted by atomic mass is 10.0. The van der Waals surface area contributed by atoms with E-state index in [4.69, 9.17) is 4.74 Å². The van der Waals surface area contributed by atoms with Gasteiger partial charge in [-0.05, 0) is 24.6 Å². The van der Waals surface area contributed by atoms with E-state index in [9.17, 15) is 0 Å². The van der Waals surface area contributed by atoms with Crippen molar-refractivity contribution in [1.82, 2.24) is 15.1 Å². The van der Waals surface area contributed by atoms with Crippen LogP contribution in [0.4, 0.5) is 5.69 Å². The molecule has 5 heteroatoms. The minimum Gasteiger partial charge on any atom is -0.379 e. The molecule has 1 aromatic carbocycles. The molecule has 0 radical (unpaired) electrons. The summed E-state index contributed by atoms with van der Waals surface area (Å²) in [5.41, 5.74) is 2.69. The van der Waals surface area contributed by atoms with E-state index < -0.39 is 0 Å². The molecule has 0 spiro atoms. The van der Waals surface area contributed by atoms with Gasteiger partial charge in [0.25, 0.3) is 0 Å². The van der Waals surface area contributed by atoms with Gasteiger partial charge < -0.3 is 15.0 Å². The largest absolute Gasteiger partial charge is 0.379 e. The molecule has 2 unspecified atom stereocenters. The van der Waals surface area contributed by atoms with Crippen molar-refractivity contribution in [3.63, 3.8) is 0 Å². The number of morpholine rings is 1. The summed E-state index contributed by atoms with van der Waals surface area (Å²) < 4.78 is 5.52. The fourth-order valence-corrected chi connectivity index (χ4v) is 3.70. The van der Waals surface area contributed by atoms with E-state index in [1.807, 2.05) is 0 Å². The number of hydrogen-bond donors (Lipinski definition) is 1. The second kappa shape index (κ2) is 8.30. The molecule has 134 valence electrons. The normalized spacial score (nSPS) is 24.7. The minimum atomic E-state index is 0.462. The van der Waals surface area contributed by atoms with E-state index in [2.05, 4.69) is 65.3 Å². The molecule has 0 bridgehead atoms. The minimum absolute atomic E-state index is 0.462. The van der Waals surface area contributed by atoms with Gasteiger partial charge in [-0.1, -0.05) is 12.1 Å². The summed E-state index contributed by atoms with van der Waals surface area (Å²) in [6, 6.07) is 10.1. The SMILES string of the molecule is CC1CN(C(CN2CCOCC2)c2ccc(N(C)C)cc2)CCN1. The number of rotatable bonds is 5. The van der Waals surface area contributed by atoms with Gasteiger partial charge in [-0.15, -0.1) is 0 Å². The Morgan fingerprint density at radius 2 is 1.88 bits per heavy atom. The molecule has 0 aliphatic carbocycles. The first-order valence-electron chi connectivity index (χ1n) is 9.18. The molecule has 24 heavy (non-hydrogen) atoms. The van der Waals surface area contributed by atoms with Gasteiger partial charge in [0.05, 0.1) is 13.2 Å². The van der Waals surface area contributed by atoms with Gasteiger partial charge in [0.2, 0.25) is 0 Å². The molecule has 2 atom stereocenters. The second-order valence-corrected chi connectivity index (χ2v) is 7.26. The number of nitrogens with one attached hydrogen (secondary N) is 1. The molecule has 2 fully saturated rings. The summed E-state index contributed by atoms with van der Waals surface area (Å²) in [7, 11) is 4.19. The fourth-order valence-electron chi connectivity index (χ4n) is 3.70. The molecule has 3 rings (SSSR count). The van der Waals surface area contributed by atoms with Crippen LogP contribution in [0.3, 0.4) is 0 Å². The Morgan fingerprint density at radius 1 is 1.17 bits per heavy atom. The summed E-state index contributed by atoms with van der Waals surface area (Å²) in [6.45, 7) is 10.5. The zero-order valence-corrected chi connectivity index (χ0v) is 15.4. The Bertz CT molecular complexity index is 499. The number of nitrogens with zero attached hydrogens (tertiary/aromatic N) is 3. The molecule has 0 amide bonds. The average Bonchev–Trinajstić information content (AvgIpc) is 2.61. The third kappa shape index (κ3) is 4.48. The van der Waals surface area contributed by atoms with Crippen LogP contribution in [0.1, 0.15) is 18.5 Å². The van der Waals surface area contributed by atoms with Crippen molar-refractivity contribution in [3.05, 3.63) is 29.8 Å². The molecule has 1 aromatic rings. The van der Waals surface area contributed by atoms with E-state index in [1.54, 1.807) is 0 Å². The lowest BCUT2D eigenvalue weighted by Gasteiger charge is -2.41. The first-order chi connectivity index (χ1) is 11.6. The number of ether oxygens (including phenoxy) is 1. The topological polar surface area (TPSA) is 31.0 Å². The molecule has 2 aliphatic rings. The first kappa shape index (κ1) is 17.7. The Morgan fingerprint density at radius 3 is 2.50 bits per heavy atom. The summed E-state index contributed by atoms with van der Waals surface area (Å²) in [5, 5.41) is 3.56. The smallest absolute Gasteiger partial charge is 0.0594 e. The Kier molecular flexibility index (Phi) is 6.11. The number of hydrogen-bond acceptors (Lipinski definition) is 5. The van der Waals surface area contributed by atoms with Crippen molar-refractivity contribution < 1.29 is 4.74 Å². The zero-order chi connectivity index (χ0) is 16.9. The van der Waals surface area contributed by atoms with Crippen molar-refractivity contribution in [2.24, 2.45) is 0 Å². The third-order valence-electron chi connectivity index (χ3n) is 5.17. The van der Waals surface area contributed by atoms with Gasteiger partial charge in [-0.25, -0.2) is 0 Å². The lowest BCUT2D eigenvalue weighted by molar-refractivity contribution is 0.0187. The number of piperazine rings is 1. The van der Waals surface area contributed by atoms with Crippen LogP contribution >= 0.6 is 0 Å². The first-order valence-corrected chi connectivity index (χ1v) is 9.18. The second-order valence-electron chi connectivity index (χ2n) is 7.26. The van der Waals surface area contributed by atoms with Crippen molar-refractivity contribution >= 4 is 5.69 Å². The molecule has 2 heterocycles. The highest BCUT2D eigenvalue weighted by Crippen LogP contribution is 2.25. The van der Waals surface area contributed by atoms with Crippen LogP contribution in [0, 0.1) is 0 Å². The molecule has 2 aliphatic heterocycles. The van der Waals surface area contributed by atoms with Gasteiger partial charge >= 0.3 is 0 Å². The predicted molar refractivity (Wildman–Crippen MR) is 99.8 cm³/mol. The maximum atomic E-state index is 5.52. The summed E-state index contributed by atoms with van der Waals surface area (Å²) in [4.78, 5) is 7.37. The van der Waals surface area contributed by atoms with E-state index in [1.165, 1.54) is 11.3 Å². The van der Waals surface area contributed by atoms with Crippen LogP contribution in [-0.4, -0.2) is 82.4 Å². The number of benzene rings is 1. The Hall–Kier alpha value is -1.14. The van der Waals surface area contributed by atoms with Gasteiger partial charge in [-0.3, -0.25) is 9.80 Å². The monoisotopic (exact) mass is 332 g/mol. The van der Waals surface area contributed by atoms with E-state index >= 15 is 0 Å². The van der Waals surface area contributed by atoms with Crippen LogP contribution < -0.4 is 10.2 Å². The third-order valence-corrected chi connectivity index (χ3v) is 5.17. The van der Waals surface area contributed by atoms with Crippen molar-refractivity contribution in [1.29, 1.82) is 0 Å². The van der Waals surface area contributed by atoms with E-state index in [0.29, 0.717) is 12.1 Å². The van der Waals surface area contributed by atoms with Gasteiger partial charge in [0, 0.05) is 71.1 Å². The highest BCUT2D eigenvalue weighted by molar-refractivity contribution is 5.46. The maximum Gasteiger partial charge on any atom is 0.0594 e. The molecule has 0 saturated carbocycles. The Balaban J connectivity index is 1.77. The van der Waals surface area contributed by atoms with E-state index in [0.717, 1.165) is 52.5 Å². The standard InChI is InChI=1S/C19H32N4O/c1-16-14-23(9-8-20-16)19(15-22-10-12-24-13-11-22)17-4-6-18(7-5-17)21(2)3/h4-7,16,19-20H,8-15H2,1-3H3. The van der Waals surface area contributed by atoms with Gasteiger partial charge in [-0.2, -0.15) is 0 Å². The fraction of sp³-hybridized carbons (Fsp3) is 0.684. The highest BCUT2D eigenvalue weighted by Gasteiger charge is 2.27. The summed E-state index contributed by atoms with van der Waals surface area (Å²) in [5.74, 6) is 0. The van der Waals surface area contributed by atoms with Crippen LogP contribution in [-0.2, 0) is 4.74 Å². The van der Waals surface area contributed by atoms with Gasteiger partial charge in [0.1, 0.15) is 0 Å². The van der Waals surface area contributed by atoms with Crippen LogP contribution in [0.15, 0.2) is 24.3 Å². The molecular formula is C19H32N4O. The average molecular weight is 332 g/mol. The van der Waals surface area contributed by atoms with E-state index in [-0.39, 0.29) is 0 Å². The van der Waals surface area contributed by atoms with Crippen LogP contribution in [0.5, 0.6) is 0 Å². The molecule has 2 saturated heterocycles. The van der Waals surface area contributed by atoms with Crippen molar-refractivity contribution in [3.8, 4) is 0 Å². The zero-order valence-electron chi connectivity index (χ0n) is 15.4. The van der Waals surface area contributed by atoms with Crippen LogP contribution in [0.2, 0.25) is 0 Å². The van der Waals surface area contributed by atoms with Crippen LogP contribution in [0.25, 0.3) is 0 Å². The summed E-state index contributed by atoms with van der Waals surface area (Å²) in [6.07, 6.45) is 0. The molecule has 0 aromatic heterocycles. The lowest BCUT2D eigenvalue weighted by Crippen LogP contribution is -2.52. The predicted octanol–water partition coefficient (Wildman–Crippen LogP) is 1.42. The van der Waals surface area contributed by atoms with Crippen molar-refractivity contribution in [2.45, 2.75) is 19.0 Å². The molecule has 5 nitrogen and oxygen atoms in total. The van der Waals surface area contributed by atoms with Crippen molar-refractivity contribution in [2.75, 3.05) is 71.5 Å². The number of anilines is 1. The summed E-state index contributed by atoms with van der Waals surface area (Å²) >= 11 is 0. The maximum absolute atomic E-state index is 5.52.